The lowest BCUT2D eigenvalue weighted by molar-refractivity contribution is 0.898. The van der Waals surface area contributed by atoms with Crippen LogP contribution in [0.1, 0.15) is 19.8 Å². The second kappa shape index (κ2) is 5.77. The Balaban J connectivity index is 1.97. The van der Waals surface area contributed by atoms with E-state index in [-0.39, 0.29) is 0 Å². The molecule has 1 aromatic carbocycles. The molecule has 0 saturated carbocycles. The number of rotatable bonds is 5. The maximum Gasteiger partial charge on any atom is 0.161 e. The number of nitrogens with zero attached hydrogens (tertiary/aromatic N) is 1. The van der Waals surface area contributed by atoms with E-state index in [0.29, 0.717) is 0 Å². The molecule has 1 nitrogen and oxygen atoms in total. The highest BCUT2D eigenvalue weighted by atomic mass is 33.1. The Labute approximate surface area is 102 Å². The predicted molar refractivity (Wildman–Crippen MR) is 72.8 cm³/mol. The van der Waals surface area contributed by atoms with E-state index < -0.39 is 0 Å². The molecule has 0 bridgehead atoms. The molecule has 0 atom stereocenters. The zero-order valence-corrected chi connectivity index (χ0v) is 11.1. The van der Waals surface area contributed by atoms with Gasteiger partial charge in [0.25, 0.3) is 0 Å². The Bertz CT molecular complexity index is 391. The molecule has 15 heavy (non-hydrogen) atoms. The van der Waals surface area contributed by atoms with Crippen LogP contribution in [0.25, 0.3) is 10.2 Å². The fourth-order valence-corrected chi connectivity index (χ4v) is 4.77. The molecule has 0 spiro atoms. The molecule has 80 valence electrons. The average Bonchev–Trinajstić information content (AvgIpc) is 2.67. The van der Waals surface area contributed by atoms with Crippen molar-refractivity contribution in [3.63, 3.8) is 0 Å². The monoisotopic (exact) mass is 255 g/mol. The van der Waals surface area contributed by atoms with Gasteiger partial charge in [0.15, 0.2) is 4.34 Å². The summed E-state index contributed by atoms with van der Waals surface area (Å²) in [6.07, 6.45) is 2.57. The Morgan fingerprint density at radius 2 is 2.20 bits per heavy atom. The van der Waals surface area contributed by atoms with Crippen LogP contribution < -0.4 is 0 Å². The summed E-state index contributed by atoms with van der Waals surface area (Å²) in [4.78, 5) is 4.57. The van der Waals surface area contributed by atoms with Crippen molar-refractivity contribution in [1.29, 1.82) is 0 Å². The standard InChI is InChI=1S/C11H13NS3/c1-2-3-8-13-15-11-12-9-6-4-5-7-10(9)14-11/h4-7H,2-3,8H2,1H3. The predicted octanol–water partition coefficient (Wildman–Crippen LogP) is 4.84. The highest BCUT2D eigenvalue weighted by molar-refractivity contribution is 8.77. The van der Waals surface area contributed by atoms with Gasteiger partial charge < -0.3 is 0 Å². The van der Waals surface area contributed by atoms with Crippen LogP contribution in [-0.2, 0) is 0 Å². The van der Waals surface area contributed by atoms with Crippen LogP contribution in [0.15, 0.2) is 28.6 Å². The third-order valence-corrected chi connectivity index (χ3v) is 5.77. The zero-order chi connectivity index (χ0) is 10.5. The summed E-state index contributed by atoms with van der Waals surface area (Å²) in [7, 11) is 3.72. The number of aromatic nitrogens is 1. The van der Waals surface area contributed by atoms with Crippen LogP contribution in [0, 0.1) is 0 Å². The van der Waals surface area contributed by atoms with Crippen LogP contribution in [0.3, 0.4) is 0 Å². The average molecular weight is 255 g/mol. The molecule has 0 saturated heterocycles. The van der Waals surface area contributed by atoms with E-state index in [4.69, 9.17) is 0 Å². The van der Waals surface area contributed by atoms with Gasteiger partial charge in [0.2, 0.25) is 0 Å². The summed E-state index contributed by atoms with van der Waals surface area (Å²) in [5.74, 6) is 1.22. The van der Waals surface area contributed by atoms with Crippen LogP contribution >= 0.6 is 32.9 Å². The molecule has 0 aliphatic heterocycles. The lowest BCUT2D eigenvalue weighted by atomic mass is 10.3. The molecule has 4 heteroatoms. The SMILES string of the molecule is CCCCSSc1nc2ccccc2s1. The van der Waals surface area contributed by atoms with Crippen molar-refractivity contribution in [2.45, 2.75) is 24.1 Å². The molecule has 0 radical (unpaired) electrons. The van der Waals surface area contributed by atoms with Crippen molar-refractivity contribution in [3.05, 3.63) is 24.3 Å². The van der Waals surface area contributed by atoms with Crippen molar-refractivity contribution < 1.29 is 0 Å². The first-order valence-corrected chi connectivity index (χ1v) is 8.18. The molecule has 1 aromatic heterocycles. The van der Waals surface area contributed by atoms with Gasteiger partial charge in [-0.3, -0.25) is 0 Å². The third kappa shape index (κ3) is 3.13. The van der Waals surface area contributed by atoms with Crippen molar-refractivity contribution in [1.82, 2.24) is 4.98 Å². The molecule has 1 heterocycles. The van der Waals surface area contributed by atoms with Crippen molar-refractivity contribution in [2.75, 3.05) is 5.75 Å². The lowest BCUT2D eigenvalue weighted by Gasteiger charge is -1.94. The number of hydrogen-bond donors (Lipinski definition) is 0. The van der Waals surface area contributed by atoms with Gasteiger partial charge in [-0.2, -0.15) is 0 Å². The first-order valence-electron chi connectivity index (χ1n) is 5.05. The van der Waals surface area contributed by atoms with E-state index in [0.717, 1.165) is 5.52 Å². The molecule has 0 unspecified atom stereocenters. The summed E-state index contributed by atoms with van der Waals surface area (Å²) in [6.45, 7) is 2.23. The van der Waals surface area contributed by atoms with Crippen LogP contribution in [0.5, 0.6) is 0 Å². The molecule has 0 aliphatic rings. The first-order chi connectivity index (χ1) is 7.40. The molecule has 0 fully saturated rings. The molecular formula is C11H13NS3. The smallest absolute Gasteiger partial charge is 0.161 e. The van der Waals surface area contributed by atoms with Crippen LogP contribution in [0.4, 0.5) is 0 Å². The van der Waals surface area contributed by atoms with E-state index in [1.165, 1.54) is 27.6 Å². The van der Waals surface area contributed by atoms with Crippen molar-refractivity contribution >= 4 is 43.1 Å². The van der Waals surface area contributed by atoms with Gasteiger partial charge >= 0.3 is 0 Å². The fourth-order valence-electron chi connectivity index (χ4n) is 1.18. The summed E-state index contributed by atoms with van der Waals surface area (Å²) < 4.78 is 2.47. The quantitative estimate of drug-likeness (QED) is 0.560. The normalized spacial score (nSPS) is 11.0. The third-order valence-electron chi connectivity index (χ3n) is 1.99. The van der Waals surface area contributed by atoms with Gasteiger partial charge in [-0.15, -0.1) is 11.3 Å². The fraction of sp³-hybridized carbons (Fsp3) is 0.364. The summed E-state index contributed by atoms with van der Waals surface area (Å²) >= 11 is 1.79. The lowest BCUT2D eigenvalue weighted by Crippen LogP contribution is -1.72. The number of hydrogen-bond acceptors (Lipinski definition) is 4. The zero-order valence-electron chi connectivity index (χ0n) is 8.60. The Morgan fingerprint density at radius 3 is 3.00 bits per heavy atom. The van der Waals surface area contributed by atoms with E-state index in [1.54, 1.807) is 11.3 Å². The molecule has 0 aliphatic carbocycles. The van der Waals surface area contributed by atoms with Gasteiger partial charge in [-0.25, -0.2) is 4.98 Å². The Kier molecular flexibility index (Phi) is 4.35. The highest BCUT2D eigenvalue weighted by Crippen LogP contribution is 2.36. The van der Waals surface area contributed by atoms with Gasteiger partial charge in [0.1, 0.15) is 0 Å². The highest BCUT2D eigenvalue weighted by Gasteiger charge is 2.03. The van der Waals surface area contributed by atoms with Crippen LogP contribution in [-0.4, -0.2) is 10.7 Å². The number of para-hydroxylation sites is 1. The summed E-state index contributed by atoms with van der Waals surface area (Å²) in [5, 5.41) is 0. The minimum atomic E-state index is 1.13. The van der Waals surface area contributed by atoms with Gasteiger partial charge in [0, 0.05) is 5.75 Å². The Morgan fingerprint density at radius 1 is 1.33 bits per heavy atom. The molecule has 2 rings (SSSR count). The number of thiazole rings is 1. The second-order valence-electron chi connectivity index (χ2n) is 3.21. The van der Waals surface area contributed by atoms with Crippen molar-refractivity contribution in [3.8, 4) is 0 Å². The van der Waals surface area contributed by atoms with E-state index in [1.807, 2.05) is 27.7 Å². The van der Waals surface area contributed by atoms with Crippen LogP contribution in [0.2, 0.25) is 0 Å². The maximum atomic E-state index is 4.57. The van der Waals surface area contributed by atoms with E-state index >= 15 is 0 Å². The van der Waals surface area contributed by atoms with E-state index in [9.17, 15) is 0 Å². The van der Waals surface area contributed by atoms with Gasteiger partial charge in [-0.1, -0.05) is 36.3 Å². The van der Waals surface area contributed by atoms with Gasteiger partial charge in [-0.05, 0) is 29.3 Å². The topological polar surface area (TPSA) is 12.9 Å². The minimum absolute atomic E-state index is 1.13. The Hall–Kier alpha value is -0.190. The maximum absolute atomic E-state index is 4.57. The number of benzene rings is 1. The molecule has 0 N–H and O–H groups in total. The van der Waals surface area contributed by atoms with Crippen molar-refractivity contribution in [2.24, 2.45) is 0 Å². The summed E-state index contributed by atoms with van der Waals surface area (Å²) in [6, 6.07) is 8.32. The first kappa shape index (κ1) is 11.3. The minimum Gasteiger partial charge on any atom is -0.229 e. The molecule has 2 aromatic rings. The van der Waals surface area contributed by atoms with E-state index in [2.05, 4.69) is 30.1 Å². The summed E-state index contributed by atoms with van der Waals surface area (Å²) in [5.41, 5.74) is 1.13. The molecular weight excluding hydrogens is 242 g/mol. The largest absolute Gasteiger partial charge is 0.229 e. The second-order valence-corrected chi connectivity index (χ2v) is 6.90. The number of unbranched alkanes of at least 4 members (excludes halogenated alkanes) is 1. The number of fused-ring (bicyclic) bond motifs is 1. The van der Waals surface area contributed by atoms with Gasteiger partial charge in [0.05, 0.1) is 10.2 Å². The molecule has 0 amide bonds.